The highest BCUT2D eigenvalue weighted by Crippen LogP contribution is 2.40. The minimum absolute atomic E-state index is 0.475. The van der Waals surface area contributed by atoms with Crippen molar-refractivity contribution in [3.05, 3.63) is 10.4 Å². The summed E-state index contributed by atoms with van der Waals surface area (Å²) in [4.78, 5) is 6.91. The summed E-state index contributed by atoms with van der Waals surface area (Å²) in [5.41, 5.74) is 8.00. The molecule has 2 aromatic rings. The maximum absolute atomic E-state index is 6.05. The summed E-state index contributed by atoms with van der Waals surface area (Å²) in [5, 5.41) is 4.25. The summed E-state index contributed by atoms with van der Waals surface area (Å²) in [6.45, 7) is 9.56. The lowest BCUT2D eigenvalue weighted by molar-refractivity contribution is 0.634. The molecule has 0 fully saturated rings. The number of rotatable bonds is 5. The Balaban J connectivity index is 2.47. The van der Waals surface area contributed by atoms with Crippen molar-refractivity contribution in [3.63, 3.8) is 0 Å². The fourth-order valence-corrected chi connectivity index (χ4v) is 3.68. The predicted octanol–water partition coefficient (Wildman–Crippen LogP) is 3.78. The molecule has 0 saturated carbocycles. The van der Waals surface area contributed by atoms with Crippen molar-refractivity contribution >= 4 is 33.7 Å². The summed E-state index contributed by atoms with van der Waals surface area (Å²) < 4.78 is 4.33. The number of nitrogens with two attached hydrogens (primary N) is 1. The van der Waals surface area contributed by atoms with Crippen LogP contribution in [0.2, 0.25) is 0 Å². The number of hydrogen-bond donors (Lipinski definition) is 1. The Morgan fingerprint density at radius 2 is 2.16 bits per heavy atom. The Bertz CT molecular complexity index is 547. The van der Waals surface area contributed by atoms with Crippen molar-refractivity contribution in [1.82, 2.24) is 9.36 Å². The highest BCUT2D eigenvalue weighted by Gasteiger charge is 2.22. The summed E-state index contributed by atoms with van der Waals surface area (Å²) in [5.74, 6) is 0.590. The minimum atomic E-state index is 0.475. The second-order valence-corrected chi connectivity index (χ2v) is 6.36. The SMILES string of the molecule is CCC(C)N(CC)c1snc(N)c1-c1csc(C)n1. The van der Waals surface area contributed by atoms with Gasteiger partial charge in [0, 0.05) is 18.0 Å². The molecule has 0 aliphatic carbocycles. The normalized spacial score (nSPS) is 12.6. The van der Waals surface area contributed by atoms with Gasteiger partial charge in [0.2, 0.25) is 0 Å². The van der Waals surface area contributed by atoms with E-state index in [2.05, 4.69) is 40.4 Å². The van der Waals surface area contributed by atoms with Crippen molar-refractivity contribution < 1.29 is 0 Å². The standard InChI is InChI=1S/C13H20N4S2/c1-5-8(3)17(6-2)13-11(12(14)16-19-13)10-7-18-9(4)15-10/h7-8H,5-6H2,1-4H3,(H2,14,16). The molecule has 0 aliphatic heterocycles. The van der Waals surface area contributed by atoms with Crippen molar-refractivity contribution in [2.75, 3.05) is 17.2 Å². The molecule has 19 heavy (non-hydrogen) atoms. The van der Waals surface area contributed by atoms with Gasteiger partial charge in [0.05, 0.1) is 16.3 Å². The summed E-state index contributed by atoms with van der Waals surface area (Å²) in [6.07, 6.45) is 1.10. The van der Waals surface area contributed by atoms with E-state index < -0.39 is 0 Å². The molecule has 2 rings (SSSR count). The molecule has 2 heterocycles. The zero-order valence-electron chi connectivity index (χ0n) is 11.8. The molecule has 4 nitrogen and oxygen atoms in total. The first-order chi connectivity index (χ1) is 9.08. The fraction of sp³-hybridized carbons (Fsp3) is 0.538. The summed E-state index contributed by atoms with van der Waals surface area (Å²) in [7, 11) is 0. The van der Waals surface area contributed by atoms with Gasteiger partial charge in [-0.3, -0.25) is 0 Å². The van der Waals surface area contributed by atoms with Crippen LogP contribution in [0.25, 0.3) is 11.3 Å². The van der Waals surface area contributed by atoms with E-state index in [-0.39, 0.29) is 0 Å². The third-order valence-electron chi connectivity index (χ3n) is 3.30. The quantitative estimate of drug-likeness (QED) is 0.912. The van der Waals surface area contributed by atoms with Crippen LogP contribution in [0.3, 0.4) is 0 Å². The van der Waals surface area contributed by atoms with Gasteiger partial charge in [-0.15, -0.1) is 11.3 Å². The number of nitrogens with zero attached hydrogens (tertiary/aromatic N) is 3. The molecule has 0 bridgehead atoms. The Kier molecular flexibility index (Phi) is 4.42. The second-order valence-electron chi connectivity index (χ2n) is 4.54. The summed E-state index contributed by atoms with van der Waals surface area (Å²) >= 11 is 3.12. The molecule has 1 atom stereocenters. The molecule has 2 aromatic heterocycles. The van der Waals surface area contributed by atoms with E-state index in [9.17, 15) is 0 Å². The Morgan fingerprint density at radius 3 is 2.68 bits per heavy atom. The smallest absolute Gasteiger partial charge is 0.148 e. The van der Waals surface area contributed by atoms with Crippen LogP contribution in [0.1, 0.15) is 32.2 Å². The number of aromatic nitrogens is 2. The molecule has 0 aliphatic rings. The van der Waals surface area contributed by atoms with E-state index in [4.69, 9.17) is 5.73 Å². The van der Waals surface area contributed by atoms with E-state index in [1.165, 1.54) is 11.5 Å². The zero-order valence-corrected chi connectivity index (χ0v) is 13.4. The van der Waals surface area contributed by atoms with Crippen LogP contribution < -0.4 is 10.6 Å². The van der Waals surface area contributed by atoms with E-state index in [0.29, 0.717) is 11.9 Å². The molecule has 2 N–H and O–H groups in total. The lowest BCUT2D eigenvalue weighted by atomic mass is 10.2. The van der Waals surface area contributed by atoms with Crippen LogP contribution in [-0.2, 0) is 0 Å². The van der Waals surface area contributed by atoms with Crippen molar-refractivity contribution in [3.8, 4) is 11.3 Å². The molecule has 1 unspecified atom stereocenters. The van der Waals surface area contributed by atoms with Gasteiger partial charge in [0.25, 0.3) is 0 Å². The molecule has 0 amide bonds. The van der Waals surface area contributed by atoms with Gasteiger partial charge in [-0.25, -0.2) is 4.98 Å². The first kappa shape index (κ1) is 14.3. The second kappa shape index (κ2) is 5.88. The molecule has 104 valence electrons. The molecular weight excluding hydrogens is 276 g/mol. The van der Waals surface area contributed by atoms with E-state index in [1.54, 1.807) is 11.3 Å². The lowest BCUT2D eigenvalue weighted by Gasteiger charge is -2.28. The van der Waals surface area contributed by atoms with Crippen LogP contribution in [0.5, 0.6) is 0 Å². The highest BCUT2D eigenvalue weighted by atomic mass is 32.1. The monoisotopic (exact) mass is 296 g/mol. The van der Waals surface area contributed by atoms with Gasteiger partial charge < -0.3 is 10.6 Å². The van der Waals surface area contributed by atoms with E-state index >= 15 is 0 Å². The molecule has 0 radical (unpaired) electrons. The summed E-state index contributed by atoms with van der Waals surface area (Å²) in [6, 6.07) is 0.475. The van der Waals surface area contributed by atoms with Gasteiger partial charge in [-0.2, -0.15) is 4.37 Å². The maximum Gasteiger partial charge on any atom is 0.148 e. The first-order valence-corrected chi connectivity index (χ1v) is 8.18. The van der Waals surface area contributed by atoms with E-state index in [1.807, 2.05) is 6.92 Å². The fourth-order valence-electron chi connectivity index (χ4n) is 2.08. The number of nitrogen functional groups attached to an aromatic ring is 1. The maximum atomic E-state index is 6.05. The first-order valence-electron chi connectivity index (χ1n) is 6.52. The lowest BCUT2D eigenvalue weighted by Crippen LogP contribution is -2.31. The van der Waals surface area contributed by atoms with Crippen molar-refractivity contribution in [2.24, 2.45) is 0 Å². The van der Waals surface area contributed by atoms with Gasteiger partial charge in [0.1, 0.15) is 10.8 Å². The minimum Gasteiger partial charge on any atom is -0.382 e. The Hall–Kier alpha value is -1.14. The van der Waals surface area contributed by atoms with Crippen LogP contribution in [0, 0.1) is 6.92 Å². The van der Waals surface area contributed by atoms with Crippen LogP contribution in [-0.4, -0.2) is 21.9 Å². The van der Waals surface area contributed by atoms with Crippen LogP contribution >= 0.6 is 22.9 Å². The van der Waals surface area contributed by atoms with Crippen LogP contribution in [0.4, 0.5) is 10.8 Å². The third kappa shape index (κ3) is 2.74. The number of aryl methyl sites for hydroxylation is 1. The molecule has 6 heteroatoms. The topological polar surface area (TPSA) is 55.0 Å². The van der Waals surface area contributed by atoms with Gasteiger partial charge >= 0.3 is 0 Å². The molecule has 0 saturated heterocycles. The highest BCUT2D eigenvalue weighted by molar-refractivity contribution is 7.11. The van der Waals surface area contributed by atoms with Crippen molar-refractivity contribution in [2.45, 2.75) is 40.2 Å². The van der Waals surface area contributed by atoms with Gasteiger partial charge in [0.15, 0.2) is 0 Å². The number of thiazole rings is 1. The van der Waals surface area contributed by atoms with Gasteiger partial charge in [-0.1, -0.05) is 6.92 Å². The molecular formula is C13H20N4S2. The van der Waals surface area contributed by atoms with Gasteiger partial charge in [-0.05, 0) is 38.7 Å². The molecule has 0 aromatic carbocycles. The predicted molar refractivity (Wildman–Crippen MR) is 85.1 cm³/mol. The largest absolute Gasteiger partial charge is 0.382 e. The average Bonchev–Trinajstić information content (AvgIpc) is 2.96. The molecule has 0 spiro atoms. The number of hydrogen-bond acceptors (Lipinski definition) is 6. The zero-order chi connectivity index (χ0) is 14.0. The Labute approximate surface area is 122 Å². The Morgan fingerprint density at radius 1 is 1.42 bits per heavy atom. The average molecular weight is 296 g/mol. The van der Waals surface area contributed by atoms with Crippen molar-refractivity contribution in [1.29, 1.82) is 0 Å². The third-order valence-corrected chi connectivity index (χ3v) is 4.97. The number of anilines is 2. The van der Waals surface area contributed by atoms with Crippen LogP contribution in [0.15, 0.2) is 5.38 Å². The van der Waals surface area contributed by atoms with E-state index in [0.717, 1.165) is 34.2 Å².